The Balaban J connectivity index is 1.45. The molecule has 1 heterocycles. The molecule has 0 aromatic heterocycles. The third-order valence-corrected chi connectivity index (χ3v) is 7.59. The molecule has 1 N–H and O–H groups in total. The van der Waals surface area contributed by atoms with Crippen LogP contribution < -0.4 is 5.32 Å². The zero-order valence-corrected chi connectivity index (χ0v) is 17.0. The number of hydrogen-bond donors (Lipinski definition) is 1. The molecule has 0 spiro atoms. The zero-order valence-electron chi connectivity index (χ0n) is 16.1. The van der Waals surface area contributed by atoms with Crippen molar-refractivity contribution in [1.82, 2.24) is 14.5 Å². The number of rotatable bonds is 6. The highest BCUT2D eigenvalue weighted by Gasteiger charge is 2.29. The molecule has 2 fully saturated rings. The topological polar surface area (TPSA) is 69.7 Å². The highest BCUT2D eigenvalue weighted by molar-refractivity contribution is 7.88. The van der Waals surface area contributed by atoms with Gasteiger partial charge in [-0.3, -0.25) is 9.69 Å². The normalized spacial score (nSPS) is 25.2. The third-order valence-electron chi connectivity index (χ3n) is 5.74. The van der Waals surface area contributed by atoms with Crippen molar-refractivity contribution in [3.05, 3.63) is 35.9 Å². The monoisotopic (exact) mass is 393 g/mol. The van der Waals surface area contributed by atoms with Crippen molar-refractivity contribution in [2.45, 2.75) is 44.4 Å². The second-order valence-electron chi connectivity index (χ2n) is 7.85. The molecule has 1 aliphatic heterocycles. The van der Waals surface area contributed by atoms with Crippen LogP contribution in [0.4, 0.5) is 0 Å². The van der Waals surface area contributed by atoms with Gasteiger partial charge in [0, 0.05) is 32.2 Å². The first-order chi connectivity index (χ1) is 12.9. The Labute approximate surface area is 163 Å². The first kappa shape index (κ1) is 20.3. The minimum absolute atomic E-state index is 0.0356. The van der Waals surface area contributed by atoms with Crippen molar-refractivity contribution in [3.63, 3.8) is 0 Å². The number of benzene rings is 1. The number of amides is 1. The van der Waals surface area contributed by atoms with E-state index < -0.39 is 10.0 Å². The van der Waals surface area contributed by atoms with Crippen LogP contribution >= 0.6 is 0 Å². The molecular formula is C20H31N3O3S. The van der Waals surface area contributed by atoms with E-state index in [1.54, 1.807) is 4.31 Å². The standard InChI is InChI=1S/C20H31N3O3S/c1-17-7-5-6-10-19(17)21-20(24)15-22-11-13-23(14-12-22)27(25,26)16-18-8-3-2-4-9-18/h2-4,8-9,17,19H,5-7,10-16H2,1H3,(H,21,24)/t17-,19-/m0/s1. The van der Waals surface area contributed by atoms with Gasteiger partial charge < -0.3 is 5.32 Å². The van der Waals surface area contributed by atoms with E-state index in [1.165, 1.54) is 19.3 Å². The largest absolute Gasteiger partial charge is 0.352 e. The van der Waals surface area contributed by atoms with Gasteiger partial charge in [0.15, 0.2) is 0 Å². The number of hydrogen-bond acceptors (Lipinski definition) is 4. The SMILES string of the molecule is C[C@H]1CCCC[C@@H]1NC(=O)CN1CCN(S(=O)(=O)Cc2ccccc2)CC1. The van der Waals surface area contributed by atoms with Gasteiger partial charge in [-0.1, -0.05) is 50.1 Å². The first-order valence-corrected chi connectivity index (χ1v) is 11.6. The molecule has 1 amide bonds. The number of sulfonamides is 1. The van der Waals surface area contributed by atoms with E-state index in [-0.39, 0.29) is 11.7 Å². The van der Waals surface area contributed by atoms with Crippen LogP contribution in [0.5, 0.6) is 0 Å². The molecule has 3 rings (SSSR count). The van der Waals surface area contributed by atoms with Crippen LogP contribution in [0, 0.1) is 5.92 Å². The Morgan fingerprint density at radius 3 is 2.41 bits per heavy atom. The summed E-state index contributed by atoms with van der Waals surface area (Å²) in [6.45, 7) is 4.66. The summed E-state index contributed by atoms with van der Waals surface area (Å²) in [5, 5.41) is 3.18. The molecule has 1 aromatic rings. The fraction of sp³-hybridized carbons (Fsp3) is 0.650. The lowest BCUT2D eigenvalue weighted by atomic mass is 9.86. The van der Waals surface area contributed by atoms with E-state index in [4.69, 9.17) is 0 Å². The molecule has 1 aliphatic carbocycles. The van der Waals surface area contributed by atoms with Gasteiger partial charge in [-0.25, -0.2) is 8.42 Å². The van der Waals surface area contributed by atoms with Gasteiger partial charge in [-0.15, -0.1) is 0 Å². The fourth-order valence-corrected chi connectivity index (χ4v) is 5.54. The molecule has 1 saturated heterocycles. The summed E-state index contributed by atoms with van der Waals surface area (Å²) >= 11 is 0. The molecular weight excluding hydrogens is 362 g/mol. The van der Waals surface area contributed by atoms with Crippen LogP contribution in [0.3, 0.4) is 0 Å². The van der Waals surface area contributed by atoms with Crippen molar-refractivity contribution in [1.29, 1.82) is 0 Å². The molecule has 1 saturated carbocycles. The molecule has 6 nitrogen and oxygen atoms in total. The van der Waals surface area contributed by atoms with Crippen molar-refractivity contribution in [3.8, 4) is 0 Å². The van der Waals surface area contributed by atoms with Gasteiger partial charge in [-0.05, 0) is 24.3 Å². The predicted octanol–water partition coefficient (Wildman–Crippen LogP) is 1.83. The van der Waals surface area contributed by atoms with Crippen molar-refractivity contribution >= 4 is 15.9 Å². The van der Waals surface area contributed by atoms with Crippen molar-refractivity contribution in [2.75, 3.05) is 32.7 Å². The average Bonchev–Trinajstić information content (AvgIpc) is 2.64. The molecule has 2 atom stereocenters. The number of piperazine rings is 1. The lowest BCUT2D eigenvalue weighted by Gasteiger charge is -2.34. The Kier molecular flexibility index (Phi) is 6.89. The number of nitrogens with zero attached hydrogens (tertiary/aromatic N) is 2. The van der Waals surface area contributed by atoms with E-state index in [9.17, 15) is 13.2 Å². The maximum atomic E-state index is 12.6. The quantitative estimate of drug-likeness (QED) is 0.801. The van der Waals surface area contributed by atoms with E-state index in [0.717, 1.165) is 12.0 Å². The molecule has 0 unspecified atom stereocenters. The summed E-state index contributed by atoms with van der Waals surface area (Å²) < 4.78 is 26.8. The lowest BCUT2D eigenvalue weighted by molar-refractivity contribution is -0.123. The van der Waals surface area contributed by atoms with Crippen molar-refractivity contribution in [2.24, 2.45) is 5.92 Å². The fourth-order valence-electron chi connectivity index (χ4n) is 4.03. The maximum Gasteiger partial charge on any atom is 0.234 e. The van der Waals surface area contributed by atoms with Crippen molar-refractivity contribution < 1.29 is 13.2 Å². The molecule has 150 valence electrons. The highest BCUT2D eigenvalue weighted by Crippen LogP contribution is 2.23. The Morgan fingerprint density at radius 1 is 1.07 bits per heavy atom. The molecule has 7 heteroatoms. The van der Waals surface area contributed by atoms with E-state index >= 15 is 0 Å². The smallest absolute Gasteiger partial charge is 0.234 e. The number of carbonyl (C=O) groups excluding carboxylic acids is 1. The molecule has 2 aliphatic rings. The zero-order chi connectivity index (χ0) is 19.3. The van der Waals surface area contributed by atoms with E-state index in [0.29, 0.717) is 44.7 Å². The average molecular weight is 394 g/mol. The van der Waals surface area contributed by atoms with Gasteiger partial charge in [0.05, 0.1) is 12.3 Å². The number of carbonyl (C=O) groups is 1. The first-order valence-electron chi connectivity index (χ1n) is 9.97. The van der Waals surface area contributed by atoms with Crippen LogP contribution in [-0.2, 0) is 20.6 Å². The molecule has 0 bridgehead atoms. The molecule has 27 heavy (non-hydrogen) atoms. The highest BCUT2D eigenvalue weighted by atomic mass is 32.2. The van der Waals surface area contributed by atoms with Gasteiger partial charge in [0.2, 0.25) is 15.9 Å². The van der Waals surface area contributed by atoms with Crippen LogP contribution in [0.1, 0.15) is 38.2 Å². The summed E-state index contributed by atoms with van der Waals surface area (Å²) in [6.07, 6.45) is 4.70. The number of nitrogens with one attached hydrogen (secondary N) is 1. The minimum Gasteiger partial charge on any atom is -0.352 e. The predicted molar refractivity (Wildman–Crippen MR) is 107 cm³/mol. The van der Waals surface area contributed by atoms with E-state index in [2.05, 4.69) is 17.1 Å². The second-order valence-corrected chi connectivity index (χ2v) is 9.82. The van der Waals surface area contributed by atoms with Crippen LogP contribution in [0.2, 0.25) is 0 Å². The second kappa shape index (κ2) is 9.17. The summed E-state index contributed by atoms with van der Waals surface area (Å²) in [5.74, 6) is 0.644. The third kappa shape index (κ3) is 5.77. The molecule has 1 aromatic carbocycles. The Hall–Kier alpha value is -1.44. The van der Waals surface area contributed by atoms with Gasteiger partial charge >= 0.3 is 0 Å². The van der Waals surface area contributed by atoms with Gasteiger partial charge in [-0.2, -0.15) is 4.31 Å². The van der Waals surface area contributed by atoms with Crippen LogP contribution in [0.25, 0.3) is 0 Å². The summed E-state index contributed by atoms with van der Waals surface area (Å²) in [6, 6.07) is 9.56. The summed E-state index contributed by atoms with van der Waals surface area (Å²) in [4.78, 5) is 14.4. The van der Waals surface area contributed by atoms with Gasteiger partial charge in [0.1, 0.15) is 0 Å². The Bertz CT molecular complexity index is 715. The molecule has 0 radical (unpaired) electrons. The van der Waals surface area contributed by atoms with Crippen LogP contribution in [0.15, 0.2) is 30.3 Å². The Morgan fingerprint density at radius 2 is 1.74 bits per heavy atom. The van der Waals surface area contributed by atoms with Gasteiger partial charge in [0.25, 0.3) is 0 Å². The lowest BCUT2D eigenvalue weighted by Crippen LogP contribution is -2.52. The summed E-state index contributed by atoms with van der Waals surface area (Å²) in [5.41, 5.74) is 0.806. The maximum absolute atomic E-state index is 12.6. The van der Waals surface area contributed by atoms with Crippen LogP contribution in [-0.4, -0.2) is 62.3 Å². The van der Waals surface area contributed by atoms with E-state index in [1.807, 2.05) is 30.3 Å². The minimum atomic E-state index is -3.31. The summed E-state index contributed by atoms with van der Waals surface area (Å²) in [7, 11) is -3.31.